The topological polar surface area (TPSA) is 127 Å². The van der Waals surface area contributed by atoms with Gasteiger partial charge in [0.2, 0.25) is 0 Å². The summed E-state index contributed by atoms with van der Waals surface area (Å²) in [5.74, 6) is 0.572. The van der Waals surface area contributed by atoms with Crippen molar-refractivity contribution in [2.45, 2.75) is 49.6 Å². The molecule has 0 saturated heterocycles. The van der Waals surface area contributed by atoms with E-state index in [4.69, 9.17) is 10.4 Å². The predicted molar refractivity (Wildman–Crippen MR) is 113 cm³/mol. The van der Waals surface area contributed by atoms with Gasteiger partial charge in [-0.15, -0.1) is 0 Å². The molecule has 2 aliphatic carbocycles. The number of aryl methyl sites for hydroxylation is 1. The fraction of sp³-hybridized carbons (Fsp3) is 0.409. The van der Waals surface area contributed by atoms with Gasteiger partial charge in [0.15, 0.2) is 5.03 Å². The van der Waals surface area contributed by atoms with Crippen LogP contribution in [-0.4, -0.2) is 34.8 Å². The van der Waals surface area contributed by atoms with Crippen molar-refractivity contribution >= 4 is 21.5 Å². The molecule has 5 rings (SSSR count). The first kappa shape index (κ1) is 20.0. The van der Waals surface area contributed by atoms with E-state index >= 15 is 0 Å². The van der Waals surface area contributed by atoms with Crippen LogP contribution >= 0.6 is 0 Å². The molecule has 1 aromatic carbocycles. The standard InChI is InChI=1S/C22H22N4O4S/c23-12-14-5-6-15(11-19(14)27)26-22(13-3-1-2-4-13)17-7-9-18-16(21(17)25-26)8-10-20(24-18)31(28,29)30/h5-6,8,10-11,13,17,22,27H,1-4,7,9H2,(H,28,29,30). The Balaban J connectivity index is 1.60. The molecule has 2 unspecified atom stereocenters. The van der Waals surface area contributed by atoms with Crippen LogP contribution in [0.15, 0.2) is 40.5 Å². The van der Waals surface area contributed by atoms with E-state index < -0.39 is 10.1 Å². The number of phenolic OH excluding ortho intramolecular Hbond substituents is 1. The number of aromatic hydroxyl groups is 1. The van der Waals surface area contributed by atoms with Crippen LogP contribution < -0.4 is 5.01 Å². The van der Waals surface area contributed by atoms with Gasteiger partial charge in [-0.05, 0) is 55.9 Å². The number of pyridine rings is 1. The van der Waals surface area contributed by atoms with E-state index in [1.165, 1.54) is 18.9 Å². The van der Waals surface area contributed by atoms with Gasteiger partial charge in [0, 0.05) is 17.5 Å². The molecule has 8 nitrogen and oxygen atoms in total. The first-order valence-corrected chi connectivity index (χ1v) is 11.9. The van der Waals surface area contributed by atoms with Crippen molar-refractivity contribution in [1.29, 1.82) is 5.26 Å². The highest BCUT2D eigenvalue weighted by atomic mass is 32.2. The van der Waals surface area contributed by atoms with Crippen LogP contribution in [0.2, 0.25) is 0 Å². The summed E-state index contributed by atoms with van der Waals surface area (Å²) in [4.78, 5) is 4.19. The molecule has 31 heavy (non-hydrogen) atoms. The Kier molecular flexibility index (Phi) is 4.72. The van der Waals surface area contributed by atoms with Gasteiger partial charge in [-0.3, -0.25) is 9.56 Å². The molecule has 0 bridgehead atoms. The van der Waals surface area contributed by atoms with E-state index in [1.807, 2.05) is 17.1 Å². The van der Waals surface area contributed by atoms with Crippen LogP contribution in [0.3, 0.4) is 0 Å². The number of hydrogen-bond acceptors (Lipinski definition) is 7. The van der Waals surface area contributed by atoms with Crippen LogP contribution in [0.5, 0.6) is 5.75 Å². The fourth-order valence-electron chi connectivity index (χ4n) is 5.31. The SMILES string of the molecule is N#Cc1ccc(N2N=C3c4ccc(S(=O)(=O)O)nc4CCC3C2C2CCCC2)cc1O. The Morgan fingerprint density at radius 1 is 1.13 bits per heavy atom. The summed E-state index contributed by atoms with van der Waals surface area (Å²) >= 11 is 0. The molecule has 2 aromatic rings. The second-order valence-electron chi connectivity index (χ2n) is 8.44. The molecule has 9 heteroatoms. The van der Waals surface area contributed by atoms with Crippen molar-refractivity contribution in [3.8, 4) is 11.8 Å². The molecule has 0 amide bonds. The van der Waals surface area contributed by atoms with E-state index in [2.05, 4.69) is 4.98 Å². The quantitative estimate of drug-likeness (QED) is 0.704. The monoisotopic (exact) mass is 438 g/mol. The fourth-order valence-corrected chi connectivity index (χ4v) is 5.77. The highest BCUT2D eigenvalue weighted by Crippen LogP contribution is 2.45. The van der Waals surface area contributed by atoms with Gasteiger partial charge in [0.25, 0.3) is 0 Å². The van der Waals surface area contributed by atoms with Crippen LogP contribution in [0, 0.1) is 23.2 Å². The van der Waals surface area contributed by atoms with Crippen molar-refractivity contribution in [3.63, 3.8) is 0 Å². The predicted octanol–water partition coefficient (Wildman–Crippen LogP) is 3.25. The van der Waals surface area contributed by atoms with Crippen LogP contribution in [0.1, 0.15) is 48.9 Å². The Bertz CT molecular complexity index is 1230. The zero-order valence-electron chi connectivity index (χ0n) is 16.8. The lowest BCUT2D eigenvalue weighted by Crippen LogP contribution is -2.40. The minimum atomic E-state index is -4.36. The minimum absolute atomic E-state index is 0.0693. The highest BCUT2D eigenvalue weighted by molar-refractivity contribution is 7.85. The van der Waals surface area contributed by atoms with E-state index in [-0.39, 0.29) is 28.3 Å². The van der Waals surface area contributed by atoms with E-state index in [9.17, 15) is 18.1 Å². The average molecular weight is 439 g/mol. The van der Waals surface area contributed by atoms with E-state index in [0.29, 0.717) is 18.0 Å². The van der Waals surface area contributed by atoms with Crippen LogP contribution in [0.4, 0.5) is 5.69 Å². The number of nitriles is 1. The molecular weight excluding hydrogens is 416 g/mol. The summed E-state index contributed by atoms with van der Waals surface area (Å²) in [5, 5.41) is 25.9. The molecule has 1 saturated carbocycles. The molecule has 1 aliphatic heterocycles. The van der Waals surface area contributed by atoms with Gasteiger partial charge in [0.1, 0.15) is 11.8 Å². The van der Waals surface area contributed by atoms with Gasteiger partial charge in [-0.1, -0.05) is 12.8 Å². The zero-order chi connectivity index (χ0) is 21.8. The molecule has 1 fully saturated rings. The van der Waals surface area contributed by atoms with E-state index in [0.717, 1.165) is 36.2 Å². The number of rotatable bonds is 3. The number of hydrogen-bond donors (Lipinski definition) is 2. The van der Waals surface area contributed by atoms with Gasteiger partial charge < -0.3 is 5.11 Å². The summed E-state index contributed by atoms with van der Waals surface area (Å²) in [6.45, 7) is 0. The molecule has 160 valence electrons. The lowest BCUT2D eigenvalue weighted by Gasteiger charge is -2.34. The lowest BCUT2D eigenvalue weighted by atomic mass is 9.76. The summed E-state index contributed by atoms with van der Waals surface area (Å²) in [6.07, 6.45) is 6.01. The van der Waals surface area contributed by atoms with E-state index in [1.54, 1.807) is 18.2 Å². The summed E-state index contributed by atoms with van der Waals surface area (Å²) in [6, 6.07) is 10.1. The number of fused-ring (bicyclic) bond motifs is 3. The molecule has 2 N–H and O–H groups in total. The zero-order valence-corrected chi connectivity index (χ0v) is 17.6. The Labute approximate surface area is 180 Å². The van der Waals surface area contributed by atoms with Crippen molar-refractivity contribution in [1.82, 2.24) is 4.98 Å². The maximum atomic E-state index is 11.5. The maximum Gasteiger partial charge on any atom is 0.312 e. The average Bonchev–Trinajstić information content (AvgIpc) is 3.40. The van der Waals surface area contributed by atoms with Crippen molar-refractivity contribution in [2.75, 3.05) is 5.01 Å². The lowest BCUT2D eigenvalue weighted by molar-refractivity contribution is 0.352. The Morgan fingerprint density at radius 2 is 1.90 bits per heavy atom. The third-order valence-electron chi connectivity index (χ3n) is 6.69. The number of anilines is 1. The highest BCUT2D eigenvalue weighted by Gasteiger charge is 2.46. The largest absolute Gasteiger partial charge is 0.506 e. The first-order valence-electron chi connectivity index (χ1n) is 10.5. The first-order chi connectivity index (χ1) is 14.9. The summed E-state index contributed by atoms with van der Waals surface area (Å²) in [7, 11) is -4.36. The second kappa shape index (κ2) is 7.32. The number of nitrogens with zero attached hydrogens (tertiary/aromatic N) is 4. The molecule has 0 spiro atoms. The second-order valence-corrected chi connectivity index (χ2v) is 9.81. The molecular formula is C22H22N4O4S. The number of hydrazone groups is 1. The molecule has 1 aromatic heterocycles. The molecule has 3 aliphatic rings. The van der Waals surface area contributed by atoms with Crippen molar-refractivity contribution < 1.29 is 18.1 Å². The molecule has 0 radical (unpaired) electrons. The van der Waals surface area contributed by atoms with Gasteiger partial charge >= 0.3 is 10.1 Å². The maximum absolute atomic E-state index is 11.5. The Morgan fingerprint density at radius 3 is 2.58 bits per heavy atom. The molecule has 2 heterocycles. The van der Waals surface area contributed by atoms with Crippen molar-refractivity contribution in [2.24, 2.45) is 16.9 Å². The summed E-state index contributed by atoms with van der Waals surface area (Å²) in [5.41, 5.74) is 3.26. The third kappa shape index (κ3) is 3.36. The van der Waals surface area contributed by atoms with Crippen molar-refractivity contribution in [3.05, 3.63) is 47.2 Å². The van der Waals surface area contributed by atoms with Crippen LogP contribution in [-0.2, 0) is 16.5 Å². The normalized spacial score (nSPS) is 23.2. The van der Waals surface area contributed by atoms with Crippen LogP contribution in [0.25, 0.3) is 0 Å². The van der Waals surface area contributed by atoms with Gasteiger partial charge in [-0.25, -0.2) is 4.98 Å². The Hall–Kier alpha value is -2.96. The minimum Gasteiger partial charge on any atom is -0.506 e. The third-order valence-corrected chi connectivity index (χ3v) is 7.45. The number of phenols is 1. The number of benzene rings is 1. The smallest absolute Gasteiger partial charge is 0.312 e. The summed E-state index contributed by atoms with van der Waals surface area (Å²) < 4.78 is 32.4. The number of aromatic nitrogens is 1. The molecule has 2 atom stereocenters. The van der Waals surface area contributed by atoms with Gasteiger partial charge in [0.05, 0.1) is 28.7 Å². The van der Waals surface area contributed by atoms with Gasteiger partial charge in [-0.2, -0.15) is 18.8 Å².